The van der Waals surface area contributed by atoms with Crippen molar-refractivity contribution in [2.75, 3.05) is 6.61 Å². The van der Waals surface area contributed by atoms with Gasteiger partial charge in [-0.05, 0) is 43.5 Å². The molecule has 1 aliphatic heterocycles. The fourth-order valence-electron chi connectivity index (χ4n) is 3.01. The lowest BCUT2D eigenvalue weighted by Crippen LogP contribution is -2.39. The minimum absolute atomic E-state index is 0.206. The standard InChI is InChI=1S/C19H16N2O4S2/c1-3-24-18(23)15-11(2)20-19-21(16(15)13-7-4-8-25-13)17(22)14(27-19)10-12-6-5-9-26-12/h4-10,16H,3H2,1-2H3/b14-10-/t16-/m0/s1. The molecular formula is C19H16N2O4S2. The van der Waals surface area contributed by atoms with Gasteiger partial charge in [-0.15, -0.1) is 11.3 Å². The maximum atomic E-state index is 13.1. The first-order chi connectivity index (χ1) is 13.1. The summed E-state index contributed by atoms with van der Waals surface area (Å²) in [5, 5.41) is 1.96. The molecule has 0 spiro atoms. The molecular weight excluding hydrogens is 384 g/mol. The molecule has 0 aromatic carbocycles. The predicted molar refractivity (Wildman–Crippen MR) is 103 cm³/mol. The monoisotopic (exact) mass is 400 g/mol. The quantitative estimate of drug-likeness (QED) is 0.631. The Hall–Kier alpha value is -2.71. The summed E-state index contributed by atoms with van der Waals surface area (Å²) in [6, 6.07) is 6.67. The lowest BCUT2D eigenvalue weighted by molar-refractivity contribution is -0.139. The van der Waals surface area contributed by atoms with E-state index in [9.17, 15) is 9.59 Å². The van der Waals surface area contributed by atoms with Crippen LogP contribution < -0.4 is 14.9 Å². The number of aromatic nitrogens is 1. The molecule has 4 rings (SSSR count). The predicted octanol–water partition coefficient (Wildman–Crippen LogP) is 2.45. The van der Waals surface area contributed by atoms with Crippen molar-refractivity contribution in [3.05, 3.63) is 77.5 Å². The summed E-state index contributed by atoms with van der Waals surface area (Å²) >= 11 is 2.85. The van der Waals surface area contributed by atoms with Gasteiger partial charge in [-0.25, -0.2) is 9.79 Å². The minimum Gasteiger partial charge on any atom is -0.467 e. The first-order valence-electron chi connectivity index (χ1n) is 8.36. The van der Waals surface area contributed by atoms with Gasteiger partial charge in [0, 0.05) is 4.88 Å². The van der Waals surface area contributed by atoms with Crippen LogP contribution in [0.15, 0.2) is 61.4 Å². The number of hydrogen-bond donors (Lipinski definition) is 0. The zero-order valence-corrected chi connectivity index (χ0v) is 16.3. The van der Waals surface area contributed by atoms with Crippen molar-refractivity contribution in [1.29, 1.82) is 0 Å². The average Bonchev–Trinajstić information content (AvgIpc) is 3.38. The van der Waals surface area contributed by atoms with Crippen molar-refractivity contribution < 1.29 is 13.9 Å². The summed E-state index contributed by atoms with van der Waals surface area (Å²) in [5.74, 6) is 0.00353. The molecule has 138 valence electrons. The van der Waals surface area contributed by atoms with Crippen LogP contribution in [-0.2, 0) is 9.53 Å². The SMILES string of the molecule is CCOC(=O)C1=C(C)N=c2s/c(=C\c3cccs3)c(=O)n2[C@H]1c1ccco1. The van der Waals surface area contributed by atoms with Crippen molar-refractivity contribution in [2.45, 2.75) is 19.9 Å². The van der Waals surface area contributed by atoms with Gasteiger partial charge in [-0.3, -0.25) is 9.36 Å². The number of furan rings is 1. The molecule has 0 saturated heterocycles. The van der Waals surface area contributed by atoms with Gasteiger partial charge >= 0.3 is 5.97 Å². The van der Waals surface area contributed by atoms with E-state index < -0.39 is 12.0 Å². The first-order valence-corrected chi connectivity index (χ1v) is 10.1. The van der Waals surface area contributed by atoms with Crippen molar-refractivity contribution in [3.8, 4) is 0 Å². The number of nitrogens with zero attached hydrogens (tertiary/aromatic N) is 2. The van der Waals surface area contributed by atoms with E-state index >= 15 is 0 Å². The molecule has 27 heavy (non-hydrogen) atoms. The van der Waals surface area contributed by atoms with E-state index in [2.05, 4.69) is 4.99 Å². The van der Waals surface area contributed by atoms with E-state index in [0.717, 1.165) is 4.88 Å². The Labute approximate surface area is 162 Å². The van der Waals surface area contributed by atoms with Gasteiger partial charge in [0.05, 0.1) is 28.7 Å². The smallest absolute Gasteiger partial charge is 0.338 e. The molecule has 0 radical (unpaired) electrons. The van der Waals surface area contributed by atoms with E-state index in [-0.39, 0.29) is 12.2 Å². The highest BCUT2D eigenvalue weighted by molar-refractivity contribution is 7.11. The van der Waals surface area contributed by atoms with Gasteiger partial charge in [0.1, 0.15) is 11.8 Å². The Morgan fingerprint density at radius 2 is 2.26 bits per heavy atom. The largest absolute Gasteiger partial charge is 0.467 e. The molecule has 4 heterocycles. The van der Waals surface area contributed by atoms with Gasteiger partial charge in [0.25, 0.3) is 5.56 Å². The fraction of sp³-hybridized carbons (Fsp3) is 0.211. The van der Waals surface area contributed by atoms with E-state index in [1.807, 2.05) is 23.6 Å². The second-order valence-corrected chi connectivity index (χ2v) is 7.82. The molecule has 0 aliphatic carbocycles. The maximum Gasteiger partial charge on any atom is 0.338 e. The normalized spacial score (nSPS) is 17.0. The molecule has 8 heteroatoms. The zero-order valence-electron chi connectivity index (χ0n) is 14.7. The Morgan fingerprint density at radius 1 is 1.41 bits per heavy atom. The van der Waals surface area contributed by atoms with E-state index in [0.29, 0.717) is 26.4 Å². The van der Waals surface area contributed by atoms with E-state index in [4.69, 9.17) is 9.15 Å². The van der Waals surface area contributed by atoms with Gasteiger partial charge < -0.3 is 9.15 Å². The third-order valence-electron chi connectivity index (χ3n) is 4.15. The number of fused-ring (bicyclic) bond motifs is 1. The van der Waals surface area contributed by atoms with Crippen molar-refractivity contribution >= 4 is 34.7 Å². The molecule has 1 atom stereocenters. The van der Waals surface area contributed by atoms with Crippen LogP contribution in [0.25, 0.3) is 6.08 Å². The summed E-state index contributed by atoms with van der Waals surface area (Å²) in [6.07, 6.45) is 3.37. The number of rotatable bonds is 4. The van der Waals surface area contributed by atoms with Crippen LogP contribution in [0.2, 0.25) is 0 Å². The van der Waals surface area contributed by atoms with Crippen LogP contribution in [0.4, 0.5) is 0 Å². The highest BCUT2D eigenvalue weighted by atomic mass is 32.1. The number of hydrogen-bond acceptors (Lipinski definition) is 7. The molecule has 0 amide bonds. The number of carbonyl (C=O) groups excluding carboxylic acids is 1. The van der Waals surface area contributed by atoms with E-state index in [1.165, 1.54) is 22.2 Å². The highest BCUT2D eigenvalue weighted by Crippen LogP contribution is 2.30. The molecule has 3 aromatic heterocycles. The molecule has 1 aliphatic rings. The number of ether oxygens (including phenoxy) is 1. The lowest BCUT2D eigenvalue weighted by atomic mass is 10.0. The molecule has 0 N–H and O–H groups in total. The summed E-state index contributed by atoms with van der Waals surface area (Å²) in [4.78, 5) is 31.8. The Bertz CT molecular complexity index is 1180. The number of allylic oxidation sites excluding steroid dienone is 1. The van der Waals surface area contributed by atoms with Gasteiger partial charge in [-0.1, -0.05) is 17.4 Å². The third-order valence-corrected chi connectivity index (χ3v) is 5.95. The van der Waals surface area contributed by atoms with Gasteiger partial charge in [0.15, 0.2) is 4.80 Å². The Morgan fingerprint density at radius 3 is 2.93 bits per heavy atom. The van der Waals surface area contributed by atoms with Gasteiger partial charge in [0.2, 0.25) is 0 Å². The zero-order chi connectivity index (χ0) is 19.0. The van der Waals surface area contributed by atoms with Crippen molar-refractivity contribution in [2.24, 2.45) is 4.99 Å². The number of thiazole rings is 1. The molecule has 6 nitrogen and oxygen atoms in total. The number of carbonyl (C=O) groups is 1. The summed E-state index contributed by atoms with van der Waals surface area (Å²) in [6.45, 7) is 3.73. The Balaban J connectivity index is 1.96. The molecule has 3 aromatic rings. The number of thiophene rings is 1. The molecule has 0 bridgehead atoms. The molecule has 0 fully saturated rings. The summed E-state index contributed by atoms with van der Waals surface area (Å²) in [5.41, 5.74) is 0.642. The third kappa shape index (κ3) is 3.11. The maximum absolute atomic E-state index is 13.1. The van der Waals surface area contributed by atoms with Gasteiger partial charge in [-0.2, -0.15) is 0 Å². The number of esters is 1. The van der Waals surface area contributed by atoms with Crippen LogP contribution in [0.3, 0.4) is 0 Å². The van der Waals surface area contributed by atoms with Crippen molar-refractivity contribution in [3.63, 3.8) is 0 Å². The van der Waals surface area contributed by atoms with Crippen LogP contribution in [-0.4, -0.2) is 17.1 Å². The lowest BCUT2D eigenvalue weighted by Gasteiger charge is -2.22. The van der Waals surface area contributed by atoms with Crippen LogP contribution in [0.1, 0.15) is 30.5 Å². The van der Waals surface area contributed by atoms with Crippen LogP contribution in [0, 0.1) is 0 Å². The minimum atomic E-state index is -0.694. The Kier molecular flexibility index (Phi) is 4.67. The van der Waals surface area contributed by atoms with E-state index in [1.54, 1.807) is 37.3 Å². The summed E-state index contributed by atoms with van der Waals surface area (Å²) < 4.78 is 12.8. The second-order valence-electron chi connectivity index (χ2n) is 5.83. The van der Waals surface area contributed by atoms with Crippen LogP contribution in [0.5, 0.6) is 0 Å². The fourth-order valence-corrected chi connectivity index (χ4v) is 4.78. The second kappa shape index (κ2) is 7.13. The summed E-state index contributed by atoms with van der Waals surface area (Å²) in [7, 11) is 0. The molecule has 0 unspecified atom stereocenters. The average molecular weight is 400 g/mol. The first kappa shape index (κ1) is 17.7. The van der Waals surface area contributed by atoms with Crippen molar-refractivity contribution in [1.82, 2.24) is 4.57 Å². The molecule has 0 saturated carbocycles. The highest BCUT2D eigenvalue weighted by Gasteiger charge is 2.34. The van der Waals surface area contributed by atoms with Crippen LogP contribution >= 0.6 is 22.7 Å². The topological polar surface area (TPSA) is 73.8 Å².